The summed E-state index contributed by atoms with van der Waals surface area (Å²) in [5, 5.41) is 18.3. The summed E-state index contributed by atoms with van der Waals surface area (Å²) in [6.07, 6.45) is 3.73. The lowest BCUT2D eigenvalue weighted by Gasteiger charge is -2.31. The lowest BCUT2D eigenvalue weighted by Crippen LogP contribution is -2.43. The van der Waals surface area contributed by atoms with Gasteiger partial charge in [0.05, 0.1) is 17.0 Å². The normalized spacial score (nSPS) is 17.8. The fraction of sp³-hybridized carbons (Fsp3) is 0.438. The van der Waals surface area contributed by atoms with Gasteiger partial charge in [-0.1, -0.05) is 18.2 Å². The molecule has 2 N–H and O–H groups in total. The van der Waals surface area contributed by atoms with Gasteiger partial charge in [0.2, 0.25) is 0 Å². The van der Waals surface area contributed by atoms with E-state index >= 15 is 0 Å². The van der Waals surface area contributed by atoms with E-state index in [-0.39, 0.29) is 0 Å². The summed E-state index contributed by atoms with van der Waals surface area (Å²) in [4.78, 5) is 0. The van der Waals surface area contributed by atoms with Crippen LogP contribution in [0.3, 0.4) is 0 Å². The Morgan fingerprint density at radius 1 is 1.19 bits per heavy atom. The van der Waals surface area contributed by atoms with Crippen molar-refractivity contribution in [1.82, 2.24) is 15.1 Å². The summed E-state index contributed by atoms with van der Waals surface area (Å²) in [5.41, 5.74) is 1.52. The Hall–Kier alpha value is -1.30. The summed E-state index contributed by atoms with van der Waals surface area (Å²) < 4.78 is 1.88. The molecule has 4 nitrogen and oxygen atoms in total. The first kappa shape index (κ1) is 14.6. The SMILES string of the molecule is OC1(CNCc2ccn(-c3ccccc3)n2)CCSCC1. The zero-order valence-corrected chi connectivity index (χ0v) is 12.9. The van der Waals surface area contributed by atoms with Gasteiger partial charge in [-0.05, 0) is 42.5 Å². The molecule has 0 saturated carbocycles. The van der Waals surface area contributed by atoms with Crippen LogP contribution in [0.1, 0.15) is 18.5 Å². The van der Waals surface area contributed by atoms with Crippen LogP contribution in [0.2, 0.25) is 0 Å². The molecule has 0 aliphatic carbocycles. The first-order valence-corrected chi connectivity index (χ1v) is 8.52. The van der Waals surface area contributed by atoms with Crippen molar-refractivity contribution >= 4 is 11.8 Å². The fourth-order valence-electron chi connectivity index (χ4n) is 2.53. The molecule has 0 bridgehead atoms. The first-order valence-electron chi connectivity index (χ1n) is 7.36. The Bertz CT molecular complexity index is 564. The predicted octanol–water partition coefficient (Wildman–Crippen LogP) is 2.22. The molecule has 1 fully saturated rings. The third-order valence-corrected chi connectivity index (χ3v) is 4.83. The second kappa shape index (κ2) is 6.64. The number of aromatic nitrogens is 2. The maximum Gasteiger partial charge on any atom is 0.0787 e. The zero-order chi connectivity index (χ0) is 14.5. The van der Waals surface area contributed by atoms with E-state index in [1.54, 1.807) is 0 Å². The zero-order valence-electron chi connectivity index (χ0n) is 12.0. The monoisotopic (exact) mass is 303 g/mol. The molecule has 1 aromatic heterocycles. The molecule has 1 saturated heterocycles. The van der Waals surface area contributed by atoms with Gasteiger partial charge in [0.1, 0.15) is 0 Å². The van der Waals surface area contributed by atoms with Gasteiger partial charge in [0, 0.05) is 19.3 Å². The topological polar surface area (TPSA) is 50.1 Å². The lowest BCUT2D eigenvalue weighted by molar-refractivity contribution is 0.0319. The second-order valence-corrected chi connectivity index (χ2v) is 6.75. The van der Waals surface area contributed by atoms with Gasteiger partial charge >= 0.3 is 0 Å². The molecule has 0 radical (unpaired) electrons. The molecular formula is C16H21N3OS. The van der Waals surface area contributed by atoms with Crippen LogP contribution in [0.5, 0.6) is 0 Å². The third kappa shape index (κ3) is 3.87. The molecule has 2 aromatic rings. The average Bonchev–Trinajstić information content (AvgIpc) is 2.98. The molecule has 0 spiro atoms. The quantitative estimate of drug-likeness (QED) is 0.889. The van der Waals surface area contributed by atoms with Crippen LogP contribution < -0.4 is 5.32 Å². The molecule has 5 heteroatoms. The number of nitrogens with one attached hydrogen (secondary N) is 1. The summed E-state index contributed by atoms with van der Waals surface area (Å²) in [5.74, 6) is 2.11. The van der Waals surface area contributed by atoms with E-state index in [2.05, 4.69) is 10.4 Å². The van der Waals surface area contributed by atoms with Crippen molar-refractivity contribution in [3.63, 3.8) is 0 Å². The van der Waals surface area contributed by atoms with Crippen LogP contribution in [0.25, 0.3) is 5.69 Å². The van der Waals surface area contributed by atoms with E-state index in [0.717, 1.165) is 35.7 Å². The highest BCUT2D eigenvalue weighted by Gasteiger charge is 2.28. The summed E-state index contributed by atoms with van der Waals surface area (Å²) in [6, 6.07) is 12.1. The summed E-state index contributed by atoms with van der Waals surface area (Å²) in [6.45, 7) is 1.33. The van der Waals surface area contributed by atoms with Crippen molar-refractivity contribution in [1.29, 1.82) is 0 Å². The Balaban J connectivity index is 1.53. The van der Waals surface area contributed by atoms with Crippen LogP contribution in [0, 0.1) is 0 Å². The molecule has 112 valence electrons. The molecule has 1 aliphatic rings. The number of thioether (sulfide) groups is 1. The van der Waals surface area contributed by atoms with Crippen molar-refractivity contribution in [2.24, 2.45) is 0 Å². The molecular weight excluding hydrogens is 282 g/mol. The molecule has 3 rings (SSSR count). The molecule has 0 atom stereocenters. The summed E-state index contributed by atoms with van der Waals surface area (Å²) >= 11 is 1.92. The maximum absolute atomic E-state index is 10.4. The molecule has 1 aliphatic heterocycles. The van der Waals surface area contributed by atoms with Crippen LogP contribution in [-0.4, -0.2) is 38.5 Å². The Kier molecular flexibility index (Phi) is 4.63. The van der Waals surface area contributed by atoms with E-state index in [1.807, 2.05) is 59.0 Å². The highest BCUT2D eigenvalue weighted by molar-refractivity contribution is 7.99. The van der Waals surface area contributed by atoms with Crippen LogP contribution in [0.4, 0.5) is 0 Å². The molecule has 21 heavy (non-hydrogen) atoms. The smallest absolute Gasteiger partial charge is 0.0787 e. The van der Waals surface area contributed by atoms with Gasteiger partial charge in [-0.15, -0.1) is 0 Å². The third-order valence-electron chi connectivity index (χ3n) is 3.85. The molecule has 2 heterocycles. The number of hydrogen-bond donors (Lipinski definition) is 2. The standard InChI is InChI=1S/C16H21N3OS/c20-16(7-10-21-11-8-16)13-17-12-14-6-9-19(18-14)15-4-2-1-3-5-15/h1-6,9,17,20H,7-8,10-13H2. The van der Waals surface area contributed by atoms with Gasteiger partial charge in [0.25, 0.3) is 0 Å². The van der Waals surface area contributed by atoms with E-state index in [4.69, 9.17) is 0 Å². The van der Waals surface area contributed by atoms with Crippen molar-refractivity contribution in [2.75, 3.05) is 18.1 Å². The number of nitrogens with zero attached hydrogens (tertiary/aromatic N) is 2. The molecule has 0 amide bonds. The average molecular weight is 303 g/mol. The maximum atomic E-state index is 10.4. The minimum absolute atomic E-state index is 0.534. The summed E-state index contributed by atoms with van der Waals surface area (Å²) in [7, 11) is 0. The largest absolute Gasteiger partial charge is 0.389 e. The number of rotatable bonds is 5. The van der Waals surface area contributed by atoms with E-state index in [0.29, 0.717) is 13.1 Å². The van der Waals surface area contributed by atoms with Crippen LogP contribution in [0.15, 0.2) is 42.6 Å². The van der Waals surface area contributed by atoms with Crippen molar-refractivity contribution in [2.45, 2.75) is 25.0 Å². The molecule has 1 aromatic carbocycles. The highest BCUT2D eigenvalue weighted by atomic mass is 32.2. The minimum Gasteiger partial charge on any atom is -0.389 e. The van der Waals surface area contributed by atoms with Crippen molar-refractivity contribution in [3.8, 4) is 5.69 Å². The van der Waals surface area contributed by atoms with Crippen molar-refractivity contribution in [3.05, 3.63) is 48.3 Å². The van der Waals surface area contributed by atoms with Crippen LogP contribution >= 0.6 is 11.8 Å². The first-order chi connectivity index (χ1) is 10.3. The van der Waals surface area contributed by atoms with Crippen LogP contribution in [-0.2, 0) is 6.54 Å². The van der Waals surface area contributed by atoms with E-state index in [9.17, 15) is 5.11 Å². The highest BCUT2D eigenvalue weighted by Crippen LogP contribution is 2.26. The molecule has 0 unspecified atom stereocenters. The van der Waals surface area contributed by atoms with Gasteiger partial charge in [-0.3, -0.25) is 0 Å². The predicted molar refractivity (Wildman–Crippen MR) is 86.8 cm³/mol. The van der Waals surface area contributed by atoms with Gasteiger partial charge < -0.3 is 10.4 Å². The Morgan fingerprint density at radius 2 is 1.95 bits per heavy atom. The van der Waals surface area contributed by atoms with E-state index < -0.39 is 5.60 Å². The minimum atomic E-state index is -0.534. The lowest BCUT2D eigenvalue weighted by atomic mass is 9.97. The number of para-hydroxylation sites is 1. The Morgan fingerprint density at radius 3 is 2.71 bits per heavy atom. The number of benzene rings is 1. The second-order valence-electron chi connectivity index (χ2n) is 5.53. The van der Waals surface area contributed by atoms with E-state index in [1.165, 1.54) is 0 Å². The van der Waals surface area contributed by atoms with Gasteiger partial charge in [-0.2, -0.15) is 16.9 Å². The van der Waals surface area contributed by atoms with Crippen molar-refractivity contribution < 1.29 is 5.11 Å². The Labute approximate surface area is 129 Å². The van der Waals surface area contributed by atoms with Gasteiger partial charge in [-0.25, -0.2) is 4.68 Å². The fourth-order valence-corrected chi connectivity index (χ4v) is 3.78. The van der Waals surface area contributed by atoms with Gasteiger partial charge in [0.15, 0.2) is 0 Å². The number of aliphatic hydroxyl groups is 1. The number of hydrogen-bond acceptors (Lipinski definition) is 4.